The molecular formula is C24H27Cl2N3O2. The molecule has 0 spiro atoms. The Kier molecular flexibility index (Phi) is 7.29. The van der Waals surface area contributed by atoms with Crippen LogP contribution in [-0.4, -0.2) is 14.9 Å². The number of halogens is 2. The van der Waals surface area contributed by atoms with Crippen molar-refractivity contribution >= 4 is 34.7 Å². The third kappa shape index (κ3) is 5.05. The van der Waals surface area contributed by atoms with E-state index in [1.165, 1.54) is 4.57 Å². The lowest BCUT2D eigenvalue weighted by Crippen LogP contribution is -2.26. The Morgan fingerprint density at radius 3 is 2.39 bits per heavy atom. The number of carbonyl (C=O) groups excluding carboxylic acids is 1. The van der Waals surface area contributed by atoms with Crippen LogP contribution in [0, 0.1) is 0 Å². The molecule has 0 aliphatic rings. The van der Waals surface area contributed by atoms with Crippen molar-refractivity contribution in [3.05, 3.63) is 86.0 Å². The molecule has 0 aliphatic carbocycles. The number of nitrogens with one attached hydrogen (secondary N) is 1. The van der Waals surface area contributed by atoms with Gasteiger partial charge in [-0.25, -0.2) is 0 Å². The van der Waals surface area contributed by atoms with Gasteiger partial charge in [0.1, 0.15) is 5.69 Å². The van der Waals surface area contributed by atoms with Crippen molar-refractivity contribution in [3.63, 3.8) is 0 Å². The molecule has 1 aromatic carbocycles. The minimum absolute atomic E-state index is 0.0802. The first-order valence-corrected chi connectivity index (χ1v) is 11.1. The molecule has 0 aliphatic heterocycles. The Balaban J connectivity index is 2.23. The quantitative estimate of drug-likeness (QED) is 0.404. The summed E-state index contributed by atoms with van der Waals surface area (Å²) in [7, 11) is 1.66. The number of nitrogens with zero attached hydrogens (tertiary/aromatic N) is 2. The van der Waals surface area contributed by atoms with Crippen LogP contribution in [0.4, 0.5) is 5.69 Å². The van der Waals surface area contributed by atoms with Crippen molar-refractivity contribution in [2.75, 3.05) is 5.32 Å². The SMILES string of the molecule is CCCC(=O)c1ccn(C(C)C)c1C(Nc1cc(Cl)cn(C)c1=O)c1ccc(Cl)cc1. The summed E-state index contributed by atoms with van der Waals surface area (Å²) < 4.78 is 3.51. The highest BCUT2D eigenvalue weighted by atomic mass is 35.5. The van der Waals surface area contributed by atoms with E-state index in [-0.39, 0.29) is 17.4 Å². The Bertz CT molecular complexity index is 1130. The van der Waals surface area contributed by atoms with Gasteiger partial charge in [0, 0.05) is 42.5 Å². The monoisotopic (exact) mass is 459 g/mol. The van der Waals surface area contributed by atoms with Gasteiger partial charge in [-0.15, -0.1) is 0 Å². The van der Waals surface area contributed by atoms with Crippen LogP contribution in [0.3, 0.4) is 0 Å². The summed E-state index contributed by atoms with van der Waals surface area (Å²) in [6.45, 7) is 6.12. The third-order valence-electron chi connectivity index (χ3n) is 5.22. The lowest BCUT2D eigenvalue weighted by Gasteiger charge is -2.26. The molecule has 1 unspecified atom stereocenters. The average Bonchev–Trinajstić information content (AvgIpc) is 3.16. The normalized spacial score (nSPS) is 12.2. The van der Waals surface area contributed by atoms with Gasteiger partial charge in [0.25, 0.3) is 5.56 Å². The fourth-order valence-corrected chi connectivity index (χ4v) is 4.09. The molecule has 0 radical (unpaired) electrons. The second kappa shape index (κ2) is 9.75. The molecule has 164 valence electrons. The van der Waals surface area contributed by atoms with Gasteiger partial charge < -0.3 is 14.5 Å². The van der Waals surface area contributed by atoms with Crippen LogP contribution in [0.25, 0.3) is 0 Å². The summed E-state index contributed by atoms with van der Waals surface area (Å²) in [5, 5.41) is 4.42. The van der Waals surface area contributed by atoms with Crippen LogP contribution in [0.5, 0.6) is 0 Å². The summed E-state index contributed by atoms with van der Waals surface area (Å²) in [5.74, 6) is 0.0802. The number of pyridine rings is 1. The van der Waals surface area contributed by atoms with E-state index in [2.05, 4.69) is 23.7 Å². The fraction of sp³-hybridized carbons (Fsp3) is 0.333. The van der Waals surface area contributed by atoms with Gasteiger partial charge in [-0.2, -0.15) is 0 Å². The number of anilines is 1. The number of aryl methyl sites for hydroxylation is 1. The number of aromatic nitrogens is 2. The van der Waals surface area contributed by atoms with E-state index < -0.39 is 6.04 Å². The minimum Gasteiger partial charge on any atom is -0.368 e. The van der Waals surface area contributed by atoms with Gasteiger partial charge >= 0.3 is 0 Å². The van der Waals surface area contributed by atoms with Crippen molar-refractivity contribution in [1.29, 1.82) is 0 Å². The molecule has 0 saturated carbocycles. The molecule has 3 aromatic rings. The summed E-state index contributed by atoms with van der Waals surface area (Å²) in [5.41, 5.74) is 2.52. The van der Waals surface area contributed by atoms with E-state index >= 15 is 0 Å². The first kappa shape index (κ1) is 23.2. The molecule has 0 bridgehead atoms. The Hall–Kier alpha value is -2.50. The fourth-order valence-electron chi connectivity index (χ4n) is 3.71. The maximum Gasteiger partial charge on any atom is 0.273 e. The summed E-state index contributed by atoms with van der Waals surface area (Å²) >= 11 is 12.3. The number of benzene rings is 1. The van der Waals surface area contributed by atoms with E-state index in [9.17, 15) is 9.59 Å². The molecule has 3 rings (SSSR count). The zero-order valence-electron chi connectivity index (χ0n) is 18.2. The summed E-state index contributed by atoms with van der Waals surface area (Å²) in [6.07, 6.45) is 4.73. The maximum atomic E-state index is 13.0. The zero-order chi connectivity index (χ0) is 22.7. The predicted molar refractivity (Wildman–Crippen MR) is 128 cm³/mol. The number of Topliss-reactive ketones (excluding diaryl/α,β-unsaturated/α-hetero) is 1. The van der Waals surface area contributed by atoms with E-state index in [1.54, 1.807) is 31.4 Å². The standard InChI is InChI=1S/C24H27Cl2N3O2/c1-5-6-21(30)19-11-12-29(15(2)3)23(19)22(16-7-9-17(25)10-8-16)27-20-13-18(26)14-28(4)24(20)31/h7-15,22,27H,5-6H2,1-4H3. The van der Waals surface area contributed by atoms with Crippen LogP contribution >= 0.6 is 23.2 Å². The molecule has 7 heteroatoms. The van der Waals surface area contributed by atoms with Crippen LogP contribution in [0.15, 0.2) is 53.6 Å². The topological polar surface area (TPSA) is 56.0 Å². The molecule has 5 nitrogen and oxygen atoms in total. The number of rotatable bonds is 8. The molecule has 0 saturated heterocycles. The first-order chi connectivity index (χ1) is 14.7. The molecule has 1 atom stereocenters. The summed E-state index contributed by atoms with van der Waals surface area (Å²) in [4.78, 5) is 25.8. The van der Waals surface area contributed by atoms with Crippen molar-refractivity contribution in [1.82, 2.24) is 9.13 Å². The highest BCUT2D eigenvalue weighted by Crippen LogP contribution is 2.33. The Morgan fingerprint density at radius 1 is 1.10 bits per heavy atom. The van der Waals surface area contributed by atoms with Gasteiger partial charge in [-0.05, 0) is 50.1 Å². The molecule has 2 heterocycles. The second-order valence-corrected chi connectivity index (χ2v) is 8.78. The van der Waals surface area contributed by atoms with Gasteiger partial charge in [-0.1, -0.05) is 42.3 Å². The molecule has 0 fully saturated rings. The van der Waals surface area contributed by atoms with Gasteiger partial charge in [0.05, 0.1) is 16.8 Å². The van der Waals surface area contributed by atoms with Crippen LogP contribution in [0.2, 0.25) is 10.0 Å². The van der Waals surface area contributed by atoms with Crippen molar-refractivity contribution < 1.29 is 4.79 Å². The van der Waals surface area contributed by atoms with Crippen LogP contribution < -0.4 is 10.9 Å². The molecule has 0 amide bonds. The lowest BCUT2D eigenvalue weighted by molar-refractivity contribution is 0.0980. The molecule has 2 aromatic heterocycles. The molecule has 31 heavy (non-hydrogen) atoms. The third-order valence-corrected chi connectivity index (χ3v) is 5.67. The van der Waals surface area contributed by atoms with E-state index in [1.807, 2.05) is 31.3 Å². The maximum absolute atomic E-state index is 13.0. The minimum atomic E-state index is -0.448. The summed E-state index contributed by atoms with van der Waals surface area (Å²) in [6, 6.07) is 10.6. The molecule has 1 N–H and O–H groups in total. The highest BCUT2D eigenvalue weighted by Gasteiger charge is 2.26. The molecular weight excluding hydrogens is 433 g/mol. The van der Waals surface area contributed by atoms with Gasteiger partial charge in [0.2, 0.25) is 0 Å². The number of carbonyl (C=O) groups is 1. The predicted octanol–water partition coefficient (Wildman–Crippen LogP) is 6.26. The number of hydrogen-bond acceptors (Lipinski definition) is 3. The van der Waals surface area contributed by atoms with E-state index in [0.29, 0.717) is 27.7 Å². The van der Waals surface area contributed by atoms with Gasteiger partial charge in [0.15, 0.2) is 5.78 Å². The van der Waals surface area contributed by atoms with E-state index in [0.717, 1.165) is 17.7 Å². The van der Waals surface area contributed by atoms with Crippen LogP contribution in [-0.2, 0) is 7.05 Å². The number of hydrogen-bond donors (Lipinski definition) is 1. The largest absolute Gasteiger partial charge is 0.368 e. The average molecular weight is 460 g/mol. The highest BCUT2D eigenvalue weighted by molar-refractivity contribution is 6.31. The van der Waals surface area contributed by atoms with Crippen molar-refractivity contribution in [2.45, 2.75) is 45.7 Å². The zero-order valence-corrected chi connectivity index (χ0v) is 19.7. The van der Waals surface area contributed by atoms with Crippen molar-refractivity contribution in [2.24, 2.45) is 7.05 Å². The van der Waals surface area contributed by atoms with Crippen LogP contribution in [0.1, 0.15) is 67.3 Å². The smallest absolute Gasteiger partial charge is 0.273 e. The second-order valence-electron chi connectivity index (χ2n) is 7.91. The Labute approximate surface area is 192 Å². The Morgan fingerprint density at radius 2 is 1.77 bits per heavy atom. The van der Waals surface area contributed by atoms with Crippen molar-refractivity contribution in [3.8, 4) is 0 Å². The lowest BCUT2D eigenvalue weighted by atomic mass is 9.96. The number of ketones is 1. The first-order valence-electron chi connectivity index (χ1n) is 10.3. The van der Waals surface area contributed by atoms with E-state index in [4.69, 9.17) is 23.2 Å². The van der Waals surface area contributed by atoms with Gasteiger partial charge in [-0.3, -0.25) is 9.59 Å².